The maximum atomic E-state index is 12.9. The topological polar surface area (TPSA) is 92.5 Å². The van der Waals surface area contributed by atoms with E-state index in [1.165, 1.54) is 6.07 Å². The normalized spacial score (nSPS) is 13.8. The summed E-state index contributed by atoms with van der Waals surface area (Å²) < 4.78 is 0. The number of piperazine rings is 1. The van der Waals surface area contributed by atoms with Gasteiger partial charge in [-0.3, -0.25) is 14.9 Å². The first kappa shape index (κ1) is 22.7. The Kier molecular flexibility index (Phi) is 6.55. The number of benzene rings is 2. The predicted molar refractivity (Wildman–Crippen MR) is 127 cm³/mol. The highest BCUT2D eigenvalue weighted by atomic mass is 35.5. The van der Waals surface area contributed by atoms with Crippen LogP contribution in [-0.2, 0) is 6.42 Å². The van der Waals surface area contributed by atoms with Crippen molar-refractivity contribution in [2.24, 2.45) is 0 Å². The molecule has 2 aromatic carbocycles. The van der Waals surface area contributed by atoms with Crippen LogP contribution in [0.4, 0.5) is 11.5 Å². The lowest BCUT2D eigenvalue weighted by atomic mass is 10.0. The summed E-state index contributed by atoms with van der Waals surface area (Å²) in [6.07, 6.45) is 0.359. The number of para-hydroxylation sites is 1. The summed E-state index contributed by atoms with van der Waals surface area (Å²) in [6, 6.07) is 13.8. The molecule has 0 spiro atoms. The van der Waals surface area contributed by atoms with Crippen molar-refractivity contribution in [1.82, 2.24) is 14.9 Å². The number of amides is 1. The molecule has 2 heterocycles. The number of aromatic nitrogens is 2. The maximum absolute atomic E-state index is 12.9. The molecule has 8 nitrogen and oxygen atoms in total. The van der Waals surface area contributed by atoms with E-state index in [1.807, 2.05) is 13.8 Å². The Morgan fingerprint density at radius 3 is 2.39 bits per heavy atom. The van der Waals surface area contributed by atoms with Crippen LogP contribution in [0.15, 0.2) is 48.5 Å². The first-order valence-electron chi connectivity index (χ1n) is 10.7. The van der Waals surface area contributed by atoms with Crippen LogP contribution in [-0.4, -0.2) is 51.9 Å². The Hall–Kier alpha value is -3.52. The van der Waals surface area contributed by atoms with E-state index in [1.54, 1.807) is 47.4 Å². The van der Waals surface area contributed by atoms with Gasteiger partial charge in [0.1, 0.15) is 11.6 Å². The van der Waals surface area contributed by atoms with Crippen molar-refractivity contribution in [1.29, 1.82) is 0 Å². The van der Waals surface area contributed by atoms with E-state index < -0.39 is 0 Å². The third kappa shape index (κ3) is 4.80. The average Bonchev–Trinajstić information content (AvgIpc) is 2.81. The van der Waals surface area contributed by atoms with Crippen LogP contribution in [0.5, 0.6) is 0 Å². The van der Waals surface area contributed by atoms with E-state index in [0.29, 0.717) is 54.6 Å². The van der Waals surface area contributed by atoms with E-state index in [0.717, 1.165) is 17.1 Å². The van der Waals surface area contributed by atoms with Crippen LogP contribution in [0, 0.1) is 24.0 Å². The van der Waals surface area contributed by atoms with E-state index in [2.05, 4.69) is 9.88 Å². The Morgan fingerprint density at radius 2 is 1.70 bits per heavy atom. The molecule has 0 N–H and O–H groups in total. The van der Waals surface area contributed by atoms with Gasteiger partial charge in [-0.15, -0.1) is 0 Å². The minimum Gasteiger partial charge on any atom is -0.353 e. The van der Waals surface area contributed by atoms with Crippen molar-refractivity contribution in [3.8, 4) is 0 Å². The van der Waals surface area contributed by atoms with Crippen LogP contribution in [0.3, 0.4) is 0 Å². The van der Waals surface area contributed by atoms with Crippen LogP contribution >= 0.6 is 11.6 Å². The predicted octanol–water partition coefficient (Wildman–Crippen LogP) is 4.21. The van der Waals surface area contributed by atoms with Gasteiger partial charge in [0.25, 0.3) is 11.6 Å². The van der Waals surface area contributed by atoms with Gasteiger partial charge in [0, 0.05) is 55.5 Å². The SMILES string of the molecule is Cc1nc(C)c(Cc2ccccc2[N+](=O)[O-])c(N2CCN(C(=O)c3ccccc3Cl)CC2)n1. The third-order valence-corrected chi connectivity index (χ3v) is 6.16. The molecule has 0 radical (unpaired) electrons. The van der Waals surface area contributed by atoms with E-state index in [4.69, 9.17) is 16.6 Å². The van der Waals surface area contributed by atoms with Crippen molar-refractivity contribution in [3.05, 3.63) is 91.9 Å². The molecule has 4 rings (SSSR count). The van der Waals surface area contributed by atoms with Gasteiger partial charge in [-0.2, -0.15) is 0 Å². The van der Waals surface area contributed by atoms with E-state index in [9.17, 15) is 14.9 Å². The highest BCUT2D eigenvalue weighted by molar-refractivity contribution is 6.33. The van der Waals surface area contributed by atoms with Gasteiger partial charge in [-0.05, 0) is 26.0 Å². The third-order valence-electron chi connectivity index (χ3n) is 5.83. The maximum Gasteiger partial charge on any atom is 0.272 e. The number of anilines is 1. The molecule has 1 amide bonds. The smallest absolute Gasteiger partial charge is 0.272 e. The van der Waals surface area contributed by atoms with Crippen molar-refractivity contribution < 1.29 is 9.72 Å². The molecule has 0 unspecified atom stereocenters. The molecule has 9 heteroatoms. The number of aryl methyl sites for hydroxylation is 2. The Morgan fingerprint density at radius 1 is 1.03 bits per heavy atom. The van der Waals surface area contributed by atoms with Crippen LogP contribution in [0.25, 0.3) is 0 Å². The quantitative estimate of drug-likeness (QED) is 0.414. The molecule has 1 saturated heterocycles. The second-order valence-electron chi connectivity index (χ2n) is 7.98. The molecule has 0 bridgehead atoms. The summed E-state index contributed by atoms with van der Waals surface area (Å²) in [7, 11) is 0. The fraction of sp³-hybridized carbons (Fsp3) is 0.292. The monoisotopic (exact) mass is 465 g/mol. The lowest BCUT2D eigenvalue weighted by Gasteiger charge is -2.36. The highest BCUT2D eigenvalue weighted by Gasteiger charge is 2.27. The number of nitro groups is 1. The summed E-state index contributed by atoms with van der Waals surface area (Å²) in [5.74, 6) is 1.32. The molecule has 170 valence electrons. The zero-order valence-corrected chi connectivity index (χ0v) is 19.2. The first-order valence-corrected chi connectivity index (χ1v) is 11.1. The lowest BCUT2D eigenvalue weighted by molar-refractivity contribution is -0.385. The molecule has 1 fully saturated rings. The van der Waals surface area contributed by atoms with Crippen molar-refractivity contribution in [2.75, 3.05) is 31.1 Å². The Bertz CT molecular complexity index is 1210. The van der Waals surface area contributed by atoms with Crippen LogP contribution in [0.1, 0.15) is 33.0 Å². The Labute approximate surface area is 197 Å². The number of carbonyl (C=O) groups is 1. The fourth-order valence-corrected chi connectivity index (χ4v) is 4.36. The number of nitro benzene ring substituents is 1. The molecule has 3 aromatic rings. The number of carbonyl (C=O) groups excluding carboxylic acids is 1. The highest BCUT2D eigenvalue weighted by Crippen LogP contribution is 2.29. The zero-order valence-electron chi connectivity index (χ0n) is 18.5. The van der Waals surface area contributed by atoms with Crippen LogP contribution in [0.2, 0.25) is 5.02 Å². The summed E-state index contributed by atoms with van der Waals surface area (Å²) in [6.45, 7) is 5.97. The van der Waals surface area contributed by atoms with Crippen molar-refractivity contribution >= 4 is 29.0 Å². The molecule has 0 aliphatic carbocycles. The van der Waals surface area contributed by atoms with Gasteiger partial charge in [0.05, 0.1) is 15.5 Å². The number of nitrogens with zero attached hydrogens (tertiary/aromatic N) is 5. The molecule has 1 aliphatic rings. The van der Waals surface area contributed by atoms with Gasteiger partial charge in [0.15, 0.2) is 0 Å². The molecule has 33 heavy (non-hydrogen) atoms. The molecule has 0 saturated carbocycles. The molecular weight excluding hydrogens is 442 g/mol. The fourth-order valence-electron chi connectivity index (χ4n) is 4.14. The van der Waals surface area contributed by atoms with Gasteiger partial charge >= 0.3 is 0 Å². The average molecular weight is 466 g/mol. The minimum absolute atomic E-state index is 0.0820. The number of halogens is 1. The van der Waals surface area contributed by atoms with E-state index in [-0.39, 0.29) is 16.5 Å². The number of rotatable bonds is 5. The number of hydrogen-bond donors (Lipinski definition) is 0. The summed E-state index contributed by atoms with van der Waals surface area (Å²) in [4.78, 5) is 37.2. The second kappa shape index (κ2) is 9.54. The van der Waals surface area contributed by atoms with Gasteiger partial charge in [0.2, 0.25) is 0 Å². The zero-order chi connectivity index (χ0) is 23.5. The molecule has 1 aromatic heterocycles. The second-order valence-corrected chi connectivity index (χ2v) is 8.39. The molecule has 1 aliphatic heterocycles. The van der Waals surface area contributed by atoms with Crippen molar-refractivity contribution in [3.63, 3.8) is 0 Å². The summed E-state index contributed by atoms with van der Waals surface area (Å²) in [5.41, 5.74) is 2.86. The first-order chi connectivity index (χ1) is 15.8. The van der Waals surface area contributed by atoms with Crippen LogP contribution < -0.4 is 4.90 Å². The molecule has 0 atom stereocenters. The van der Waals surface area contributed by atoms with Gasteiger partial charge < -0.3 is 9.80 Å². The van der Waals surface area contributed by atoms with Gasteiger partial charge in [-0.25, -0.2) is 9.97 Å². The molecular formula is C24H24ClN5O3. The van der Waals surface area contributed by atoms with Gasteiger partial charge in [-0.1, -0.05) is 41.9 Å². The number of hydrogen-bond acceptors (Lipinski definition) is 6. The minimum atomic E-state index is -0.363. The van der Waals surface area contributed by atoms with Crippen molar-refractivity contribution in [2.45, 2.75) is 20.3 Å². The van der Waals surface area contributed by atoms with E-state index >= 15 is 0 Å². The standard InChI is InChI=1S/C24H24ClN5O3/c1-16-20(15-18-7-3-6-10-22(18)30(32)33)23(27-17(2)26-16)28-11-13-29(14-12-28)24(31)19-8-4-5-9-21(19)25/h3-10H,11-15H2,1-2H3. The lowest BCUT2D eigenvalue weighted by Crippen LogP contribution is -2.49. The Balaban J connectivity index is 1.58. The summed E-state index contributed by atoms with van der Waals surface area (Å²) in [5, 5.41) is 11.9. The largest absolute Gasteiger partial charge is 0.353 e. The summed E-state index contributed by atoms with van der Waals surface area (Å²) >= 11 is 6.21.